The molecule has 150 valence electrons. The molecule has 0 aliphatic rings. The average Bonchev–Trinajstić information content (AvgIpc) is 3.18. The van der Waals surface area contributed by atoms with Gasteiger partial charge in [-0.2, -0.15) is 0 Å². The van der Waals surface area contributed by atoms with Crippen molar-refractivity contribution in [1.29, 1.82) is 0 Å². The standard InChI is InChI=1S/C19H27N3O4.HI/c1-3-20-19(21-9-8-16-5-4-11-25-16)22-14-15-6-7-17(26-12-10-23)18(13-15)24-2;/h4-7,11,13,23H,3,8-10,12,14H2,1-2H3,(H2,20,21,22);1H. The monoisotopic (exact) mass is 489 g/mol. The van der Waals surface area contributed by atoms with Crippen LogP contribution in [0.1, 0.15) is 18.2 Å². The molecule has 0 aliphatic carbocycles. The van der Waals surface area contributed by atoms with E-state index in [1.807, 2.05) is 37.3 Å². The number of nitrogens with zero attached hydrogens (tertiary/aromatic N) is 1. The highest BCUT2D eigenvalue weighted by atomic mass is 127. The van der Waals surface area contributed by atoms with Gasteiger partial charge in [0.05, 0.1) is 26.5 Å². The van der Waals surface area contributed by atoms with E-state index < -0.39 is 0 Å². The minimum Gasteiger partial charge on any atom is -0.493 e. The molecule has 0 spiro atoms. The minimum atomic E-state index is -0.0368. The number of ether oxygens (including phenoxy) is 2. The third-order valence-electron chi connectivity index (χ3n) is 3.58. The van der Waals surface area contributed by atoms with Crippen LogP contribution in [-0.2, 0) is 13.0 Å². The molecule has 0 saturated carbocycles. The van der Waals surface area contributed by atoms with E-state index in [1.165, 1.54) is 0 Å². The summed E-state index contributed by atoms with van der Waals surface area (Å²) in [6.45, 7) is 4.25. The number of benzene rings is 1. The van der Waals surface area contributed by atoms with Crippen molar-refractivity contribution in [1.82, 2.24) is 10.6 Å². The molecule has 2 aromatic rings. The van der Waals surface area contributed by atoms with Gasteiger partial charge in [0.25, 0.3) is 0 Å². The summed E-state index contributed by atoms with van der Waals surface area (Å²) in [7, 11) is 1.59. The van der Waals surface area contributed by atoms with Crippen LogP contribution in [0.2, 0.25) is 0 Å². The largest absolute Gasteiger partial charge is 0.493 e. The number of guanidine groups is 1. The maximum Gasteiger partial charge on any atom is 0.191 e. The zero-order valence-corrected chi connectivity index (χ0v) is 18.1. The Morgan fingerprint density at radius 1 is 1.22 bits per heavy atom. The van der Waals surface area contributed by atoms with E-state index in [2.05, 4.69) is 15.6 Å². The molecule has 0 saturated heterocycles. The second-order valence-electron chi connectivity index (χ2n) is 5.51. The van der Waals surface area contributed by atoms with Gasteiger partial charge in [-0.15, -0.1) is 24.0 Å². The summed E-state index contributed by atoms with van der Waals surface area (Å²) in [5.41, 5.74) is 1.00. The first-order valence-corrected chi connectivity index (χ1v) is 8.72. The lowest BCUT2D eigenvalue weighted by Crippen LogP contribution is -2.38. The quantitative estimate of drug-likeness (QED) is 0.270. The zero-order chi connectivity index (χ0) is 18.6. The van der Waals surface area contributed by atoms with Crippen LogP contribution in [0.15, 0.2) is 46.0 Å². The van der Waals surface area contributed by atoms with Crippen molar-refractivity contribution in [2.45, 2.75) is 19.9 Å². The van der Waals surface area contributed by atoms with Gasteiger partial charge in [0.2, 0.25) is 0 Å². The summed E-state index contributed by atoms with van der Waals surface area (Å²) in [5, 5.41) is 15.4. The molecule has 0 fully saturated rings. The van der Waals surface area contributed by atoms with Crippen LogP contribution in [0, 0.1) is 0 Å². The van der Waals surface area contributed by atoms with Gasteiger partial charge in [-0.3, -0.25) is 0 Å². The highest BCUT2D eigenvalue weighted by Crippen LogP contribution is 2.28. The Kier molecular flexibility index (Phi) is 11.3. The third kappa shape index (κ3) is 8.08. The number of rotatable bonds is 10. The van der Waals surface area contributed by atoms with Crippen molar-refractivity contribution >= 4 is 29.9 Å². The predicted octanol–water partition coefficient (Wildman–Crippen LogP) is 2.58. The van der Waals surface area contributed by atoms with E-state index in [1.54, 1.807) is 13.4 Å². The molecular weight excluding hydrogens is 461 g/mol. The van der Waals surface area contributed by atoms with Crippen LogP contribution in [0.3, 0.4) is 0 Å². The van der Waals surface area contributed by atoms with E-state index in [9.17, 15) is 0 Å². The molecule has 1 aromatic carbocycles. The fraction of sp³-hybridized carbons (Fsp3) is 0.421. The van der Waals surface area contributed by atoms with Gasteiger partial charge in [-0.05, 0) is 36.8 Å². The van der Waals surface area contributed by atoms with Crippen LogP contribution in [-0.4, -0.2) is 44.5 Å². The first-order valence-electron chi connectivity index (χ1n) is 8.72. The summed E-state index contributed by atoms with van der Waals surface area (Å²) in [6, 6.07) is 9.50. The first-order chi connectivity index (χ1) is 12.8. The maximum atomic E-state index is 8.87. The van der Waals surface area contributed by atoms with Crippen LogP contribution in [0.5, 0.6) is 11.5 Å². The van der Waals surface area contributed by atoms with Crippen molar-refractivity contribution in [2.75, 3.05) is 33.4 Å². The molecule has 0 amide bonds. The van der Waals surface area contributed by atoms with Crippen molar-refractivity contribution in [3.8, 4) is 11.5 Å². The number of furan rings is 1. The van der Waals surface area contributed by atoms with Gasteiger partial charge in [0.1, 0.15) is 12.4 Å². The Morgan fingerprint density at radius 2 is 2.07 bits per heavy atom. The van der Waals surface area contributed by atoms with Crippen LogP contribution >= 0.6 is 24.0 Å². The van der Waals surface area contributed by atoms with Crippen LogP contribution < -0.4 is 20.1 Å². The zero-order valence-electron chi connectivity index (χ0n) is 15.7. The molecule has 0 atom stereocenters. The van der Waals surface area contributed by atoms with E-state index in [0.29, 0.717) is 18.0 Å². The highest BCUT2D eigenvalue weighted by Gasteiger charge is 2.06. The Balaban J connectivity index is 0.00000364. The number of aliphatic imine (C=N–C) groups is 1. The minimum absolute atomic E-state index is 0. The predicted molar refractivity (Wildman–Crippen MR) is 116 cm³/mol. The molecule has 0 unspecified atom stereocenters. The SMILES string of the molecule is CCNC(=NCc1ccc(OCCO)c(OC)c1)NCCc1ccco1.I. The van der Waals surface area contributed by atoms with Gasteiger partial charge in [0.15, 0.2) is 17.5 Å². The van der Waals surface area contributed by atoms with Gasteiger partial charge >= 0.3 is 0 Å². The number of aliphatic hydroxyl groups is 1. The van der Waals surface area contributed by atoms with Gasteiger partial charge in [-0.25, -0.2) is 4.99 Å². The lowest BCUT2D eigenvalue weighted by molar-refractivity contribution is 0.196. The summed E-state index contributed by atoms with van der Waals surface area (Å²) in [6.07, 6.45) is 2.47. The molecule has 0 aliphatic heterocycles. The average molecular weight is 489 g/mol. The Labute approximate surface area is 177 Å². The van der Waals surface area contributed by atoms with Gasteiger partial charge in [0, 0.05) is 19.5 Å². The lowest BCUT2D eigenvalue weighted by atomic mass is 10.2. The molecule has 2 rings (SSSR count). The van der Waals surface area contributed by atoms with Crippen LogP contribution in [0.4, 0.5) is 0 Å². The van der Waals surface area contributed by atoms with E-state index in [4.69, 9.17) is 19.0 Å². The normalized spacial score (nSPS) is 10.9. The molecule has 7 nitrogen and oxygen atoms in total. The number of nitrogens with one attached hydrogen (secondary N) is 2. The lowest BCUT2D eigenvalue weighted by Gasteiger charge is -2.12. The van der Waals surface area contributed by atoms with Crippen LogP contribution in [0.25, 0.3) is 0 Å². The van der Waals surface area contributed by atoms with Crippen molar-refractivity contribution in [2.24, 2.45) is 4.99 Å². The first kappa shape index (κ1) is 23.1. The van der Waals surface area contributed by atoms with Crippen molar-refractivity contribution in [3.63, 3.8) is 0 Å². The second kappa shape index (κ2) is 13.3. The van der Waals surface area contributed by atoms with Gasteiger partial charge in [-0.1, -0.05) is 6.07 Å². The Bertz CT molecular complexity index is 678. The number of hydrogen-bond donors (Lipinski definition) is 3. The molecule has 0 radical (unpaired) electrons. The molecule has 0 bridgehead atoms. The van der Waals surface area contributed by atoms with E-state index in [0.717, 1.165) is 36.8 Å². The maximum absolute atomic E-state index is 8.87. The van der Waals surface area contributed by atoms with E-state index >= 15 is 0 Å². The summed E-state index contributed by atoms with van der Waals surface area (Å²) in [5.74, 6) is 2.93. The van der Waals surface area contributed by atoms with Crippen molar-refractivity contribution < 1.29 is 19.0 Å². The van der Waals surface area contributed by atoms with Crippen molar-refractivity contribution in [3.05, 3.63) is 47.9 Å². The number of hydrogen-bond acceptors (Lipinski definition) is 5. The molecule has 1 aromatic heterocycles. The summed E-state index contributed by atoms with van der Waals surface area (Å²) in [4.78, 5) is 4.60. The fourth-order valence-electron chi connectivity index (χ4n) is 2.36. The Morgan fingerprint density at radius 3 is 2.74 bits per heavy atom. The summed E-state index contributed by atoms with van der Waals surface area (Å²) >= 11 is 0. The molecule has 27 heavy (non-hydrogen) atoms. The smallest absolute Gasteiger partial charge is 0.191 e. The van der Waals surface area contributed by atoms with Gasteiger partial charge < -0.3 is 29.6 Å². The molecule has 3 N–H and O–H groups in total. The fourth-order valence-corrected chi connectivity index (χ4v) is 2.36. The molecule has 8 heteroatoms. The topological polar surface area (TPSA) is 88.3 Å². The number of methoxy groups -OCH3 is 1. The number of aliphatic hydroxyl groups excluding tert-OH is 1. The number of halogens is 1. The third-order valence-corrected chi connectivity index (χ3v) is 3.58. The molecular formula is C19H28IN3O4. The summed E-state index contributed by atoms with van der Waals surface area (Å²) < 4.78 is 16.1. The highest BCUT2D eigenvalue weighted by molar-refractivity contribution is 14.0. The van der Waals surface area contributed by atoms with E-state index in [-0.39, 0.29) is 37.2 Å². The second-order valence-corrected chi connectivity index (χ2v) is 5.51. The molecule has 1 heterocycles. The Hall–Kier alpha value is -1.94.